The Morgan fingerprint density at radius 3 is 2.94 bits per heavy atom. The van der Waals surface area contributed by atoms with Gasteiger partial charge in [0.05, 0.1) is 26.0 Å². The highest BCUT2D eigenvalue weighted by molar-refractivity contribution is 9.11. The average molecular weight is 367 g/mol. The minimum atomic E-state index is -0.596. The van der Waals surface area contributed by atoms with Crippen molar-refractivity contribution in [2.75, 3.05) is 25.1 Å². The maximum atomic E-state index is 11.8. The van der Waals surface area contributed by atoms with Crippen LogP contribution in [0.2, 0.25) is 0 Å². The summed E-state index contributed by atoms with van der Waals surface area (Å²) in [6.45, 7) is 1.20. The number of nitrogens with one attached hydrogen (secondary N) is 1. The summed E-state index contributed by atoms with van der Waals surface area (Å²) < 4.78 is 11.5. The van der Waals surface area contributed by atoms with Crippen LogP contribution in [0.15, 0.2) is 15.4 Å². The van der Waals surface area contributed by atoms with Crippen molar-refractivity contribution in [2.45, 2.75) is 6.10 Å². The molecule has 1 aromatic rings. The van der Waals surface area contributed by atoms with Gasteiger partial charge < -0.3 is 14.8 Å². The Kier molecular flexibility index (Phi) is 4.43. The maximum Gasteiger partial charge on any atom is 0.257 e. The van der Waals surface area contributed by atoms with Crippen molar-refractivity contribution in [3.63, 3.8) is 0 Å². The molecular formula is C9H9Br2N3O3. The Morgan fingerprint density at radius 2 is 2.29 bits per heavy atom. The molecule has 2 heterocycles. The zero-order valence-corrected chi connectivity index (χ0v) is 11.8. The molecule has 0 aromatic carbocycles. The topological polar surface area (TPSA) is 73.3 Å². The molecule has 0 radical (unpaired) electrons. The van der Waals surface area contributed by atoms with E-state index in [-0.39, 0.29) is 12.5 Å². The van der Waals surface area contributed by atoms with Crippen LogP contribution in [0.1, 0.15) is 0 Å². The molecule has 1 fully saturated rings. The van der Waals surface area contributed by atoms with Crippen molar-refractivity contribution in [1.82, 2.24) is 9.97 Å². The van der Waals surface area contributed by atoms with E-state index in [1.165, 1.54) is 6.20 Å². The molecule has 6 nitrogen and oxygen atoms in total. The van der Waals surface area contributed by atoms with E-state index in [9.17, 15) is 4.79 Å². The molecule has 0 bridgehead atoms. The van der Waals surface area contributed by atoms with Crippen molar-refractivity contribution >= 4 is 43.6 Å². The van der Waals surface area contributed by atoms with E-state index in [0.29, 0.717) is 28.2 Å². The van der Waals surface area contributed by atoms with E-state index in [1.807, 2.05) is 0 Å². The Balaban J connectivity index is 2.02. The molecule has 1 saturated heterocycles. The van der Waals surface area contributed by atoms with Crippen molar-refractivity contribution in [3.8, 4) is 0 Å². The zero-order chi connectivity index (χ0) is 12.3. The molecule has 0 aliphatic carbocycles. The van der Waals surface area contributed by atoms with Gasteiger partial charge in [0, 0.05) is 0 Å². The number of nitrogens with zero attached hydrogens (tertiary/aromatic N) is 2. The first kappa shape index (κ1) is 12.9. The van der Waals surface area contributed by atoms with Crippen molar-refractivity contribution in [1.29, 1.82) is 0 Å². The second-order valence-corrected chi connectivity index (χ2v) is 4.82. The molecule has 1 atom stereocenters. The molecule has 92 valence electrons. The molecule has 1 amide bonds. The van der Waals surface area contributed by atoms with Crippen LogP contribution in [0.4, 0.5) is 5.82 Å². The van der Waals surface area contributed by atoms with Gasteiger partial charge in [-0.05, 0) is 31.9 Å². The number of halogens is 2. The quantitative estimate of drug-likeness (QED) is 0.855. The molecule has 1 N–H and O–H groups in total. The summed E-state index contributed by atoms with van der Waals surface area (Å²) in [5.74, 6) is 0.0643. The van der Waals surface area contributed by atoms with E-state index >= 15 is 0 Å². The molecule has 17 heavy (non-hydrogen) atoms. The number of aromatic nitrogens is 2. The summed E-state index contributed by atoms with van der Waals surface area (Å²) in [7, 11) is 0. The fourth-order valence-corrected chi connectivity index (χ4v) is 2.18. The van der Waals surface area contributed by atoms with E-state index in [4.69, 9.17) is 9.47 Å². The van der Waals surface area contributed by atoms with Gasteiger partial charge in [0.1, 0.15) is 9.21 Å². The van der Waals surface area contributed by atoms with Gasteiger partial charge in [-0.25, -0.2) is 9.97 Å². The third-order valence-electron chi connectivity index (χ3n) is 2.05. The first-order valence-corrected chi connectivity index (χ1v) is 6.43. The molecule has 1 aliphatic rings. The monoisotopic (exact) mass is 365 g/mol. The van der Waals surface area contributed by atoms with E-state index in [2.05, 4.69) is 47.1 Å². The third-order valence-corrected chi connectivity index (χ3v) is 2.99. The normalized spacial score (nSPS) is 20.0. The maximum absolute atomic E-state index is 11.8. The smallest absolute Gasteiger partial charge is 0.257 e. The minimum absolute atomic E-state index is 0.257. The van der Waals surface area contributed by atoms with Crippen LogP contribution < -0.4 is 5.32 Å². The van der Waals surface area contributed by atoms with E-state index < -0.39 is 6.10 Å². The van der Waals surface area contributed by atoms with Crippen molar-refractivity contribution in [2.24, 2.45) is 0 Å². The first-order chi connectivity index (χ1) is 8.16. The summed E-state index contributed by atoms with van der Waals surface area (Å²) in [5.41, 5.74) is 0. The number of hydrogen-bond donors (Lipinski definition) is 1. The average Bonchev–Trinajstić information content (AvgIpc) is 2.34. The summed E-state index contributed by atoms with van der Waals surface area (Å²) in [6.07, 6.45) is 0.902. The van der Waals surface area contributed by atoms with Crippen LogP contribution in [-0.4, -0.2) is 41.8 Å². The molecule has 0 spiro atoms. The second kappa shape index (κ2) is 5.85. The van der Waals surface area contributed by atoms with Crippen LogP contribution in [0.25, 0.3) is 0 Å². The van der Waals surface area contributed by atoms with Crippen molar-refractivity contribution in [3.05, 3.63) is 15.4 Å². The SMILES string of the molecule is O=C(Nc1ncc(Br)nc1Br)C1COCCO1. The lowest BCUT2D eigenvalue weighted by Gasteiger charge is -2.21. The second-order valence-electron chi connectivity index (χ2n) is 3.26. The standard InChI is InChI=1S/C9H9Br2N3O3/c10-6-3-12-8(7(11)13-6)14-9(15)5-4-16-1-2-17-5/h3,5H,1-2,4H2,(H,12,14,15). The predicted molar refractivity (Wildman–Crippen MR) is 66.6 cm³/mol. The predicted octanol–water partition coefficient (Wildman–Crippen LogP) is 1.36. The van der Waals surface area contributed by atoms with Gasteiger partial charge in [-0.15, -0.1) is 0 Å². The highest BCUT2D eigenvalue weighted by atomic mass is 79.9. The van der Waals surface area contributed by atoms with E-state index in [0.717, 1.165) is 0 Å². The highest BCUT2D eigenvalue weighted by Crippen LogP contribution is 2.19. The van der Waals surface area contributed by atoms with Crippen molar-refractivity contribution < 1.29 is 14.3 Å². The van der Waals surface area contributed by atoms with Gasteiger partial charge in [0.25, 0.3) is 5.91 Å². The molecule has 0 saturated carbocycles. The molecule has 1 unspecified atom stereocenters. The van der Waals surface area contributed by atoms with Gasteiger partial charge in [-0.1, -0.05) is 0 Å². The summed E-state index contributed by atoms with van der Waals surface area (Å²) in [6, 6.07) is 0. The molecule has 2 rings (SSSR count). The van der Waals surface area contributed by atoms with Crippen LogP contribution in [-0.2, 0) is 14.3 Å². The Hall–Kier alpha value is -0.570. The van der Waals surface area contributed by atoms with Crippen LogP contribution in [0.5, 0.6) is 0 Å². The largest absolute Gasteiger partial charge is 0.376 e. The van der Waals surface area contributed by atoms with Crippen LogP contribution in [0.3, 0.4) is 0 Å². The summed E-state index contributed by atoms with van der Waals surface area (Å²) in [4.78, 5) is 19.9. The minimum Gasteiger partial charge on any atom is -0.376 e. The molecular weight excluding hydrogens is 358 g/mol. The highest BCUT2D eigenvalue weighted by Gasteiger charge is 2.23. The molecule has 8 heteroatoms. The van der Waals surface area contributed by atoms with Gasteiger partial charge in [-0.2, -0.15) is 0 Å². The number of ether oxygens (including phenoxy) is 2. The molecule has 1 aromatic heterocycles. The lowest BCUT2D eigenvalue weighted by molar-refractivity contribution is -0.142. The number of hydrogen-bond acceptors (Lipinski definition) is 5. The number of amides is 1. The van der Waals surface area contributed by atoms with Crippen LogP contribution in [0, 0.1) is 0 Å². The lowest BCUT2D eigenvalue weighted by Crippen LogP contribution is -2.39. The summed E-state index contributed by atoms with van der Waals surface area (Å²) >= 11 is 6.39. The van der Waals surface area contributed by atoms with Gasteiger partial charge >= 0.3 is 0 Å². The number of rotatable bonds is 2. The Bertz CT molecular complexity index is 424. The Morgan fingerprint density at radius 1 is 1.47 bits per heavy atom. The number of carbonyl (C=O) groups excluding carboxylic acids is 1. The fourth-order valence-electron chi connectivity index (χ4n) is 1.27. The summed E-state index contributed by atoms with van der Waals surface area (Å²) in [5, 5.41) is 2.62. The lowest BCUT2D eigenvalue weighted by atomic mass is 10.3. The van der Waals surface area contributed by atoms with E-state index in [1.54, 1.807) is 0 Å². The molecule has 1 aliphatic heterocycles. The number of carbonyl (C=O) groups is 1. The third kappa shape index (κ3) is 3.44. The van der Waals surface area contributed by atoms with Gasteiger partial charge in [-0.3, -0.25) is 4.79 Å². The zero-order valence-electron chi connectivity index (χ0n) is 8.65. The Labute approximate surface area is 114 Å². The number of anilines is 1. The fraction of sp³-hybridized carbons (Fsp3) is 0.444. The first-order valence-electron chi connectivity index (χ1n) is 4.85. The van der Waals surface area contributed by atoms with Gasteiger partial charge in [0.2, 0.25) is 0 Å². The van der Waals surface area contributed by atoms with Crippen LogP contribution >= 0.6 is 31.9 Å². The van der Waals surface area contributed by atoms with Gasteiger partial charge in [0.15, 0.2) is 11.9 Å².